The Morgan fingerprint density at radius 1 is 1.00 bits per heavy atom. The molecule has 1 N–H and O–H groups in total. The second-order valence-corrected chi connectivity index (χ2v) is 7.91. The number of carbonyl (C=O) groups is 1. The summed E-state index contributed by atoms with van der Waals surface area (Å²) < 4.78 is 18.2. The minimum Gasteiger partial charge on any atom is -0.480 e. The Balaban J connectivity index is 1.40. The summed E-state index contributed by atoms with van der Waals surface area (Å²) in [5.41, 5.74) is 1.94. The van der Waals surface area contributed by atoms with Crippen molar-refractivity contribution in [2.24, 2.45) is 0 Å². The Morgan fingerprint density at radius 2 is 1.73 bits per heavy atom. The molecule has 0 radical (unpaired) electrons. The van der Waals surface area contributed by atoms with E-state index in [1.165, 1.54) is 0 Å². The number of para-hydroxylation sites is 1. The van der Waals surface area contributed by atoms with Crippen molar-refractivity contribution in [3.8, 4) is 5.75 Å². The van der Waals surface area contributed by atoms with E-state index in [0.29, 0.717) is 25.4 Å². The number of ether oxygens (including phenoxy) is 3. The molecule has 3 aromatic rings. The molecule has 0 bridgehead atoms. The molecule has 0 aliphatic carbocycles. The molecule has 1 amide bonds. The molecule has 3 aromatic carbocycles. The summed E-state index contributed by atoms with van der Waals surface area (Å²) in [6, 6.07) is 21.8. The van der Waals surface area contributed by atoms with Gasteiger partial charge in [0.15, 0.2) is 6.10 Å². The van der Waals surface area contributed by atoms with E-state index in [1.807, 2.05) is 49.4 Å². The maximum atomic E-state index is 13.2. The van der Waals surface area contributed by atoms with E-state index in [0.717, 1.165) is 28.3 Å². The number of nitrogens with one attached hydrogen (secondary N) is 1. The number of fused-ring (bicyclic) bond motifs is 3. The Kier molecular flexibility index (Phi) is 4.93. The highest BCUT2D eigenvalue weighted by Gasteiger charge is 2.47. The number of hydrogen-bond donors (Lipinski definition) is 1. The van der Waals surface area contributed by atoms with Gasteiger partial charge in [0, 0.05) is 0 Å². The SMILES string of the molecule is CC(NC(=O)[C@H]1CC2(OCCCO2)c2ccccc2O1)c1cccc2ccccc12. The number of rotatable bonds is 3. The average molecular weight is 403 g/mol. The first-order chi connectivity index (χ1) is 14.7. The number of amides is 1. The van der Waals surface area contributed by atoms with Gasteiger partial charge in [-0.05, 0) is 41.8 Å². The van der Waals surface area contributed by atoms with Crippen molar-refractivity contribution in [1.82, 2.24) is 5.32 Å². The fraction of sp³-hybridized carbons (Fsp3) is 0.320. The largest absolute Gasteiger partial charge is 0.480 e. The van der Waals surface area contributed by atoms with Gasteiger partial charge in [-0.3, -0.25) is 4.79 Å². The molecule has 5 nitrogen and oxygen atoms in total. The van der Waals surface area contributed by atoms with Crippen molar-refractivity contribution >= 4 is 16.7 Å². The molecule has 1 saturated heterocycles. The summed E-state index contributed by atoms with van der Waals surface area (Å²) in [6.07, 6.45) is 0.494. The fourth-order valence-corrected chi connectivity index (χ4v) is 4.44. The van der Waals surface area contributed by atoms with Gasteiger partial charge in [0.05, 0.1) is 31.2 Å². The van der Waals surface area contributed by atoms with Crippen LogP contribution >= 0.6 is 0 Å². The summed E-state index contributed by atoms with van der Waals surface area (Å²) in [7, 11) is 0. The molecule has 1 unspecified atom stereocenters. The van der Waals surface area contributed by atoms with Crippen LogP contribution in [0, 0.1) is 0 Å². The van der Waals surface area contributed by atoms with E-state index in [9.17, 15) is 4.79 Å². The van der Waals surface area contributed by atoms with Crippen LogP contribution in [0.1, 0.15) is 36.9 Å². The predicted octanol–water partition coefficient (Wildman–Crippen LogP) is 4.46. The van der Waals surface area contributed by atoms with Crippen LogP contribution in [0.5, 0.6) is 5.75 Å². The van der Waals surface area contributed by atoms with Crippen LogP contribution in [0.25, 0.3) is 10.8 Å². The highest BCUT2D eigenvalue weighted by molar-refractivity contribution is 5.87. The number of hydrogen-bond acceptors (Lipinski definition) is 4. The summed E-state index contributed by atoms with van der Waals surface area (Å²) in [5.74, 6) is -0.441. The zero-order valence-corrected chi connectivity index (χ0v) is 17.0. The second-order valence-electron chi connectivity index (χ2n) is 7.91. The lowest BCUT2D eigenvalue weighted by Gasteiger charge is -2.43. The average Bonchev–Trinajstić information content (AvgIpc) is 2.79. The molecule has 1 spiro atoms. The van der Waals surface area contributed by atoms with Gasteiger partial charge in [0.2, 0.25) is 5.79 Å². The van der Waals surface area contributed by atoms with E-state index in [1.54, 1.807) is 0 Å². The van der Waals surface area contributed by atoms with Gasteiger partial charge in [-0.1, -0.05) is 54.6 Å². The molecule has 2 heterocycles. The third-order valence-corrected chi connectivity index (χ3v) is 5.92. The first-order valence-electron chi connectivity index (χ1n) is 10.5. The summed E-state index contributed by atoms with van der Waals surface area (Å²) >= 11 is 0. The zero-order chi connectivity index (χ0) is 20.6. The quantitative estimate of drug-likeness (QED) is 0.702. The van der Waals surface area contributed by atoms with Crippen molar-refractivity contribution in [1.29, 1.82) is 0 Å². The van der Waals surface area contributed by atoms with Crippen molar-refractivity contribution in [3.05, 3.63) is 77.9 Å². The minimum atomic E-state index is -0.919. The van der Waals surface area contributed by atoms with Gasteiger partial charge >= 0.3 is 0 Å². The fourth-order valence-electron chi connectivity index (χ4n) is 4.44. The molecule has 2 aliphatic heterocycles. The zero-order valence-electron chi connectivity index (χ0n) is 17.0. The third kappa shape index (κ3) is 3.34. The molecule has 2 atom stereocenters. The van der Waals surface area contributed by atoms with Crippen molar-refractivity contribution < 1.29 is 19.0 Å². The van der Waals surface area contributed by atoms with E-state index in [-0.39, 0.29) is 11.9 Å². The lowest BCUT2D eigenvalue weighted by Crippen LogP contribution is -2.50. The Hall–Kier alpha value is -2.89. The van der Waals surface area contributed by atoms with Crippen molar-refractivity contribution in [3.63, 3.8) is 0 Å². The number of carbonyl (C=O) groups excluding carboxylic acids is 1. The van der Waals surface area contributed by atoms with Crippen LogP contribution in [0.3, 0.4) is 0 Å². The predicted molar refractivity (Wildman–Crippen MR) is 114 cm³/mol. The Morgan fingerprint density at radius 3 is 2.60 bits per heavy atom. The van der Waals surface area contributed by atoms with Crippen molar-refractivity contribution in [2.45, 2.75) is 37.7 Å². The molecule has 5 rings (SSSR count). The summed E-state index contributed by atoms with van der Waals surface area (Å²) in [6.45, 7) is 3.21. The van der Waals surface area contributed by atoms with Crippen LogP contribution in [-0.4, -0.2) is 25.2 Å². The van der Waals surface area contributed by atoms with Gasteiger partial charge in [-0.2, -0.15) is 0 Å². The molecule has 154 valence electrons. The molecular weight excluding hydrogens is 378 g/mol. The highest BCUT2D eigenvalue weighted by Crippen LogP contribution is 2.44. The van der Waals surface area contributed by atoms with Crippen LogP contribution in [0.15, 0.2) is 66.7 Å². The summed E-state index contributed by atoms with van der Waals surface area (Å²) in [5, 5.41) is 5.43. The summed E-state index contributed by atoms with van der Waals surface area (Å²) in [4.78, 5) is 13.2. The third-order valence-electron chi connectivity index (χ3n) is 5.92. The highest BCUT2D eigenvalue weighted by atomic mass is 16.7. The molecule has 0 aromatic heterocycles. The normalized spacial score (nSPS) is 20.9. The molecule has 30 heavy (non-hydrogen) atoms. The maximum absolute atomic E-state index is 13.2. The standard InChI is InChI=1S/C25H25NO4/c1-17(19-11-6-9-18-8-2-3-10-20(18)19)26-24(27)23-16-25(28-14-7-15-29-25)21-12-4-5-13-22(21)30-23/h2-6,8-13,17,23H,7,14-16H2,1H3,(H,26,27)/t17?,23-/m1/s1. The second kappa shape index (κ2) is 7.74. The van der Waals surface area contributed by atoms with Crippen molar-refractivity contribution in [2.75, 3.05) is 13.2 Å². The lowest BCUT2D eigenvalue weighted by atomic mass is 9.93. The van der Waals surface area contributed by atoms with Gasteiger partial charge in [0.1, 0.15) is 5.75 Å². The molecule has 5 heteroatoms. The monoisotopic (exact) mass is 403 g/mol. The van der Waals surface area contributed by atoms with Gasteiger partial charge in [0.25, 0.3) is 5.91 Å². The van der Waals surface area contributed by atoms with E-state index in [2.05, 4.69) is 29.6 Å². The van der Waals surface area contributed by atoms with E-state index < -0.39 is 11.9 Å². The Bertz CT molecular complexity index is 1070. The lowest BCUT2D eigenvalue weighted by molar-refractivity contribution is -0.292. The Labute approximate surface area is 175 Å². The van der Waals surface area contributed by atoms with Crippen LogP contribution < -0.4 is 10.1 Å². The first kappa shape index (κ1) is 19.1. The van der Waals surface area contributed by atoms with Gasteiger partial charge < -0.3 is 19.5 Å². The number of benzene rings is 3. The van der Waals surface area contributed by atoms with Crippen LogP contribution in [0.4, 0.5) is 0 Å². The molecule has 0 saturated carbocycles. The van der Waals surface area contributed by atoms with E-state index in [4.69, 9.17) is 14.2 Å². The molecule has 1 fully saturated rings. The minimum absolute atomic E-state index is 0.159. The van der Waals surface area contributed by atoms with Crippen LogP contribution in [-0.2, 0) is 20.1 Å². The van der Waals surface area contributed by atoms with E-state index >= 15 is 0 Å². The topological polar surface area (TPSA) is 56.8 Å². The van der Waals surface area contributed by atoms with Crippen LogP contribution in [0.2, 0.25) is 0 Å². The molecule has 2 aliphatic rings. The van der Waals surface area contributed by atoms with Gasteiger partial charge in [-0.15, -0.1) is 0 Å². The smallest absolute Gasteiger partial charge is 0.261 e. The maximum Gasteiger partial charge on any atom is 0.261 e. The van der Waals surface area contributed by atoms with Gasteiger partial charge in [-0.25, -0.2) is 0 Å². The first-order valence-corrected chi connectivity index (χ1v) is 10.5. The molecular formula is C25H25NO4.